The van der Waals surface area contributed by atoms with Crippen molar-refractivity contribution in [3.05, 3.63) is 0 Å². The van der Waals surface area contributed by atoms with Crippen LogP contribution in [0.3, 0.4) is 0 Å². The van der Waals surface area contributed by atoms with Crippen LogP contribution in [-0.4, -0.2) is 73.7 Å². The van der Waals surface area contributed by atoms with Gasteiger partial charge in [0.25, 0.3) is 10.2 Å². The van der Waals surface area contributed by atoms with E-state index in [1.807, 2.05) is 0 Å². The second-order valence-electron chi connectivity index (χ2n) is 4.99. The third kappa shape index (κ3) is 2.74. The largest absolute Gasteiger partial charge is 0.481 e. The minimum Gasteiger partial charge on any atom is -0.481 e. The Morgan fingerprint density at radius 1 is 1.14 bits per heavy atom. The molecular formula is C10H15F3N2O5S. The lowest BCUT2D eigenvalue weighted by molar-refractivity contribution is -0.226. The van der Waals surface area contributed by atoms with Crippen LogP contribution in [0.2, 0.25) is 0 Å². The second kappa shape index (κ2) is 5.38. The molecule has 122 valence electrons. The van der Waals surface area contributed by atoms with Crippen molar-refractivity contribution >= 4 is 16.2 Å². The van der Waals surface area contributed by atoms with Crippen molar-refractivity contribution < 1.29 is 36.2 Å². The average Bonchev–Trinajstić information content (AvgIpc) is 2.86. The Kier molecular flexibility index (Phi) is 4.21. The Hall–Kier alpha value is -0.910. The Bertz CT molecular complexity index is 517. The number of carbonyl (C=O) groups is 1. The lowest BCUT2D eigenvalue weighted by Crippen LogP contribution is -2.51. The molecule has 0 saturated carbocycles. The molecule has 1 unspecified atom stereocenters. The van der Waals surface area contributed by atoms with Gasteiger partial charge in [0.15, 0.2) is 5.41 Å². The number of nitrogens with zero attached hydrogens (tertiary/aromatic N) is 2. The number of halogens is 3. The van der Waals surface area contributed by atoms with Crippen molar-refractivity contribution in [2.24, 2.45) is 5.41 Å². The third-order valence-electron chi connectivity index (χ3n) is 3.81. The molecule has 0 spiro atoms. The van der Waals surface area contributed by atoms with Gasteiger partial charge in [-0.15, -0.1) is 0 Å². The SMILES string of the molecule is O=C(O)C1(C(F)(F)F)CCN(S(=O)(=O)N2CCOCC2)C1. The van der Waals surface area contributed by atoms with Gasteiger partial charge in [0.2, 0.25) is 0 Å². The zero-order valence-corrected chi connectivity index (χ0v) is 11.8. The van der Waals surface area contributed by atoms with E-state index in [4.69, 9.17) is 9.84 Å². The quantitative estimate of drug-likeness (QED) is 0.780. The van der Waals surface area contributed by atoms with Gasteiger partial charge < -0.3 is 9.84 Å². The van der Waals surface area contributed by atoms with E-state index >= 15 is 0 Å². The average molecular weight is 332 g/mol. The van der Waals surface area contributed by atoms with E-state index in [2.05, 4.69) is 0 Å². The summed E-state index contributed by atoms with van der Waals surface area (Å²) < 4.78 is 70.2. The minimum absolute atomic E-state index is 0.0466. The topological polar surface area (TPSA) is 87.2 Å². The first kappa shape index (κ1) is 16.5. The summed E-state index contributed by atoms with van der Waals surface area (Å²) >= 11 is 0. The van der Waals surface area contributed by atoms with Crippen molar-refractivity contribution in [3.63, 3.8) is 0 Å². The maximum Gasteiger partial charge on any atom is 0.406 e. The first-order chi connectivity index (χ1) is 9.61. The van der Waals surface area contributed by atoms with Crippen molar-refractivity contribution in [1.29, 1.82) is 0 Å². The van der Waals surface area contributed by atoms with E-state index < -0.39 is 47.3 Å². The lowest BCUT2D eigenvalue weighted by Gasteiger charge is -2.31. The zero-order valence-electron chi connectivity index (χ0n) is 11.0. The van der Waals surface area contributed by atoms with Crippen molar-refractivity contribution in [2.75, 3.05) is 39.4 Å². The van der Waals surface area contributed by atoms with Crippen LogP contribution >= 0.6 is 0 Å². The standard InChI is InChI=1S/C10H15F3N2O5S/c11-10(12,13)9(8(16)17)1-2-15(7-9)21(18,19)14-3-5-20-6-4-14/h1-7H2,(H,16,17). The van der Waals surface area contributed by atoms with Gasteiger partial charge in [0, 0.05) is 26.2 Å². The Balaban J connectivity index is 2.22. The van der Waals surface area contributed by atoms with Gasteiger partial charge in [0.05, 0.1) is 13.2 Å². The number of hydrogen-bond donors (Lipinski definition) is 1. The van der Waals surface area contributed by atoms with Crippen LogP contribution in [0.4, 0.5) is 13.2 Å². The maximum absolute atomic E-state index is 13.0. The van der Waals surface area contributed by atoms with Gasteiger partial charge in [-0.25, -0.2) is 0 Å². The van der Waals surface area contributed by atoms with Crippen LogP contribution in [0.1, 0.15) is 6.42 Å². The first-order valence-electron chi connectivity index (χ1n) is 6.24. The summed E-state index contributed by atoms with van der Waals surface area (Å²) in [5, 5.41) is 8.92. The summed E-state index contributed by atoms with van der Waals surface area (Å²) in [4.78, 5) is 11.0. The summed E-state index contributed by atoms with van der Waals surface area (Å²) in [5.74, 6) is -2.05. The van der Waals surface area contributed by atoms with Crippen LogP contribution in [0, 0.1) is 5.41 Å². The molecule has 2 fully saturated rings. The Morgan fingerprint density at radius 2 is 1.71 bits per heavy atom. The lowest BCUT2D eigenvalue weighted by atomic mass is 9.86. The van der Waals surface area contributed by atoms with Gasteiger partial charge in [-0.05, 0) is 6.42 Å². The molecule has 7 nitrogen and oxygen atoms in total. The van der Waals surface area contributed by atoms with Crippen molar-refractivity contribution in [1.82, 2.24) is 8.61 Å². The highest BCUT2D eigenvalue weighted by molar-refractivity contribution is 7.86. The molecule has 0 amide bonds. The molecule has 2 saturated heterocycles. The zero-order chi connectivity index (χ0) is 15.9. The maximum atomic E-state index is 13.0. The van der Waals surface area contributed by atoms with Crippen LogP contribution in [0.25, 0.3) is 0 Å². The molecule has 11 heteroatoms. The van der Waals surface area contributed by atoms with Gasteiger partial charge in [-0.1, -0.05) is 0 Å². The molecule has 2 rings (SSSR count). The molecule has 21 heavy (non-hydrogen) atoms. The van der Waals surface area contributed by atoms with E-state index in [0.717, 1.165) is 4.31 Å². The van der Waals surface area contributed by atoms with E-state index in [0.29, 0.717) is 4.31 Å². The molecule has 2 aliphatic rings. The fourth-order valence-corrected chi connectivity index (χ4v) is 4.08. The highest BCUT2D eigenvalue weighted by atomic mass is 32.2. The summed E-state index contributed by atoms with van der Waals surface area (Å²) in [6, 6.07) is 0. The summed E-state index contributed by atoms with van der Waals surface area (Å²) in [6.45, 7) is -1.14. The highest BCUT2D eigenvalue weighted by Gasteiger charge is 2.65. The molecule has 0 aromatic heterocycles. The number of aliphatic carboxylic acids is 1. The summed E-state index contributed by atoms with van der Waals surface area (Å²) in [5.41, 5.74) is -3.04. The van der Waals surface area contributed by atoms with Crippen LogP contribution in [-0.2, 0) is 19.7 Å². The van der Waals surface area contributed by atoms with E-state index in [1.165, 1.54) is 0 Å². The minimum atomic E-state index is -5.01. The molecule has 0 aromatic rings. The second-order valence-corrected chi connectivity index (χ2v) is 6.92. The Morgan fingerprint density at radius 3 is 2.14 bits per heavy atom. The van der Waals surface area contributed by atoms with Crippen LogP contribution in [0.5, 0.6) is 0 Å². The van der Waals surface area contributed by atoms with Crippen molar-refractivity contribution in [3.8, 4) is 0 Å². The van der Waals surface area contributed by atoms with Gasteiger partial charge in [-0.3, -0.25) is 4.79 Å². The highest BCUT2D eigenvalue weighted by Crippen LogP contribution is 2.46. The van der Waals surface area contributed by atoms with Gasteiger partial charge in [-0.2, -0.15) is 30.2 Å². The fourth-order valence-electron chi connectivity index (χ4n) is 2.44. The Labute approximate surface area is 119 Å². The number of carboxylic acids is 1. The summed E-state index contributed by atoms with van der Waals surface area (Å²) in [6.07, 6.45) is -5.79. The molecule has 0 aliphatic carbocycles. The fraction of sp³-hybridized carbons (Fsp3) is 0.900. The number of alkyl halides is 3. The molecule has 2 aliphatic heterocycles. The number of carboxylic acid groups (broad SMARTS) is 1. The molecule has 1 atom stereocenters. The molecular weight excluding hydrogens is 317 g/mol. The predicted molar refractivity (Wildman–Crippen MR) is 63.6 cm³/mol. The smallest absolute Gasteiger partial charge is 0.406 e. The number of morpholine rings is 1. The molecule has 0 bridgehead atoms. The van der Waals surface area contributed by atoms with Crippen LogP contribution < -0.4 is 0 Å². The van der Waals surface area contributed by atoms with E-state index in [-0.39, 0.29) is 26.3 Å². The van der Waals surface area contributed by atoms with Gasteiger partial charge >= 0.3 is 12.1 Å². The molecule has 0 aromatic carbocycles. The molecule has 2 heterocycles. The van der Waals surface area contributed by atoms with E-state index in [1.54, 1.807) is 0 Å². The number of hydrogen-bond acceptors (Lipinski definition) is 4. The number of rotatable bonds is 3. The summed E-state index contributed by atoms with van der Waals surface area (Å²) in [7, 11) is -4.10. The van der Waals surface area contributed by atoms with Crippen LogP contribution in [0.15, 0.2) is 0 Å². The monoisotopic (exact) mass is 332 g/mol. The normalized spacial score (nSPS) is 29.7. The molecule has 1 N–H and O–H groups in total. The third-order valence-corrected chi connectivity index (χ3v) is 5.79. The van der Waals surface area contributed by atoms with Crippen molar-refractivity contribution in [2.45, 2.75) is 12.6 Å². The number of ether oxygens (including phenoxy) is 1. The first-order valence-corrected chi connectivity index (χ1v) is 7.64. The van der Waals surface area contributed by atoms with Gasteiger partial charge in [0.1, 0.15) is 0 Å². The van der Waals surface area contributed by atoms with E-state index in [9.17, 15) is 26.4 Å². The predicted octanol–water partition coefficient (Wildman–Crippen LogP) is -0.0976. The molecule has 0 radical (unpaired) electrons.